The predicted octanol–water partition coefficient (Wildman–Crippen LogP) is 4.21. The Hall–Kier alpha value is -2.45. The van der Waals surface area contributed by atoms with Crippen molar-refractivity contribution in [3.63, 3.8) is 0 Å². The lowest BCUT2D eigenvalue weighted by atomic mass is 9.84. The molecule has 1 aliphatic rings. The Bertz CT molecular complexity index is 1160. The fourth-order valence-electron chi connectivity index (χ4n) is 4.48. The van der Waals surface area contributed by atoms with Gasteiger partial charge in [-0.25, -0.2) is 0 Å². The van der Waals surface area contributed by atoms with E-state index in [1.807, 2.05) is 48.7 Å². The summed E-state index contributed by atoms with van der Waals surface area (Å²) in [6, 6.07) is 15.3. The Morgan fingerprint density at radius 1 is 1.18 bits per heavy atom. The highest BCUT2D eigenvalue weighted by molar-refractivity contribution is 7.17. The molecule has 2 N–H and O–H groups in total. The highest BCUT2D eigenvalue weighted by Crippen LogP contribution is 2.35. The summed E-state index contributed by atoms with van der Waals surface area (Å²) < 4.78 is 1.15. The summed E-state index contributed by atoms with van der Waals surface area (Å²) in [6.45, 7) is 3.11. The molecule has 1 aliphatic heterocycles. The molecule has 2 aromatic carbocycles. The highest BCUT2D eigenvalue weighted by atomic mass is 35.5. The standard InChI is InChI=1S/C26H29ClN2O4S/c1-26(12-14-29(26)23(30)15-19-17-34-22-6-3-2-5-21(19)22)25(33)28(13-4-7-24(31)32)16-18-8-10-20(27)11-9-18/h2-3,5-6,8-11,17,24,31-32H,4,7,12-16H2,1H3. The van der Waals surface area contributed by atoms with Crippen LogP contribution in [0.25, 0.3) is 10.1 Å². The number of amides is 2. The van der Waals surface area contributed by atoms with Crippen molar-refractivity contribution in [2.24, 2.45) is 0 Å². The Balaban J connectivity index is 1.49. The van der Waals surface area contributed by atoms with Gasteiger partial charge < -0.3 is 20.0 Å². The van der Waals surface area contributed by atoms with Crippen LogP contribution in [-0.4, -0.2) is 56.7 Å². The van der Waals surface area contributed by atoms with Gasteiger partial charge in [0.05, 0.1) is 6.42 Å². The van der Waals surface area contributed by atoms with Crippen LogP contribution in [0.4, 0.5) is 0 Å². The van der Waals surface area contributed by atoms with Gasteiger partial charge in [0.25, 0.3) is 0 Å². The first kappa shape index (κ1) is 24.7. The lowest BCUT2D eigenvalue weighted by Crippen LogP contribution is -2.68. The number of thiophene rings is 1. The number of fused-ring (bicyclic) bond motifs is 1. The normalized spacial score (nSPS) is 17.7. The van der Waals surface area contributed by atoms with Crippen molar-refractivity contribution in [3.8, 4) is 0 Å². The fourth-order valence-corrected chi connectivity index (χ4v) is 5.57. The number of nitrogens with zero attached hydrogens (tertiary/aromatic N) is 2. The Labute approximate surface area is 208 Å². The smallest absolute Gasteiger partial charge is 0.248 e. The van der Waals surface area contributed by atoms with Gasteiger partial charge in [-0.15, -0.1) is 11.3 Å². The molecule has 34 heavy (non-hydrogen) atoms. The lowest BCUT2D eigenvalue weighted by molar-refractivity contribution is -0.164. The zero-order valence-electron chi connectivity index (χ0n) is 19.1. The van der Waals surface area contributed by atoms with Crippen molar-refractivity contribution < 1.29 is 19.8 Å². The number of hydrogen-bond acceptors (Lipinski definition) is 5. The van der Waals surface area contributed by atoms with Crippen LogP contribution in [0.2, 0.25) is 5.02 Å². The molecular formula is C26H29ClN2O4S. The summed E-state index contributed by atoms with van der Waals surface area (Å²) in [6.07, 6.45) is 0.0737. The summed E-state index contributed by atoms with van der Waals surface area (Å²) >= 11 is 7.62. The monoisotopic (exact) mass is 500 g/mol. The molecule has 1 saturated heterocycles. The summed E-state index contributed by atoms with van der Waals surface area (Å²) in [4.78, 5) is 30.4. The van der Waals surface area contributed by atoms with Gasteiger partial charge >= 0.3 is 0 Å². The molecule has 8 heteroatoms. The third-order valence-electron chi connectivity index (χ3n) is 6.55. The fraction of sp³-hybridized carbons (Fsp3) is 0.385. The van der Waals surface area contributed by atoms with Crippen molar-refractivity contribution in [2.75, 3.05) is 13.1 Å². The van der Waals surface area contributed by atoms with E-state index in [4.69, 9.17) is 11.6 Å². The van der Waals surface area contributed by atoms with E-state index in [2.05, 4.69) is 0 Å². The largest absolute Gasteiger partial charge is 0.368 e. The molecule has 6 nitrogen and oxygen atoms in total. The minimum absolute atomic E-state index is 0.0529. The van der Waals surface area contributed by atoms with Crippen LogP contribution in [0, 0.1) is 0 Å². The highest BCUT2D eigenvalue weighted by Gasteiger charge is 2.50. The first-order valence-corrected chi connectivity index (χ1v) is 12.7. The number of likely N-dealkylation sites (tertiary alicyclic amines) is 1. The topological polar surface area (TPSA) is 81.1 Å². The number of halogens is 1. The number of hydrogen-bond donors (Lipinski definition) is 2. The van der Waals surface area contributed by atoms with Crippen molar-refractivity contribution in [1.82, 2.24) is 9.80 Å². The van der Waals surface area contributed by atoms with E-state index in [0.717, 1.165) is 21.2 Å². The van der Waals surface area contributed by atoms with Gasteiger partial charge in [0, 0.05) is 29.4 Å². The first-order chi connectivity index (χ1) is 16.3. The van der Waals surface area contributed by atoms with E-state index in [0.29, 0.717) is 37.5 Å². The second kappa shape index (κ2) is 10.4. The maximum Gasteiger partial charge on any atom is 0.248 e. The Kier molecular flexibility index (Phi) is 7.57. The van der Waals surface area contributed by atoms with Gasteiger partial charge in [0.1, 0.15) is 5.54 Å². The molecule has 3 aromatic rings. The van der Waals surface area contributed by atoms with E-state index in [1.54, 1.807) is 33.3 Å². The van der Waals surface area contributed by atoms with Crippen LogP contribution < -0.4 is 0 Å². The van der Waals surface area contributed by atoms with E-state index >= 15 is 0 Å². The van der Waals surface area contributed by atoms with Crippen LogP contribution in [0.5, 0.6) is 0 Å². The minimum Gasteiger partial charge on any atom is -0.368 e. The second-order valence-electron chi connectivity index (χ2n) is 8.98. The molecule has 0 spiro atoms. The molecule has 0 bridgehead atoms. The zero-order valence-corrected chi connectivity index (χ0v) is 20.7. The van der Waals surface area contributed by atoms with Crippen LogP contribution >= 0.6 is 22.9 Å². The average Bonchev–Trinajstić information content (AvgIpc) is 3.20. The van der Waals surface area contributed by atoms with Crippen molar-refractivity contribution in [3.05, 3.63) is 70.1 Å². The second-order valence-corrected chi connectivity index (χ2v) is 10.3. The van der Waals surface area contributed by atoms with Crippen LogP contribution in [0.15, 0.2) is 53.9 Å². The number of rotatable bonds is 9. The molecule has 1 fully saturated rings. The number of carbonyl (C=O) groups is 2. The van der Waals surface area contributed by atoms with Crippen LogP contribution in [0.3, 0.4) is 0 Å². The molecule has 0 saturated carbocycles. The maximum atomic E-state index is 13.7. The third kappa shape index (κ3) is 5.28. The van der Waals surface area contributed by atoms with Gasteiger partial charge in [-0.05, 0) is 66.3 Å². The van der Waals surface area contributed by atoms with Crippen molar-refractivity contribution >= 4 is 44.8 Å². The summed E-state index contributed by atoms with van der Waals surface area (Å²) in [5.74, 6) is -0.174. The van der Waals surface area contributed by atoms with E-state index in [9.17, 15) is 19.8 Å². The number of carbonyl (C=O) groups excluding carboxylic acids is 2. The number of aliphatic hydroxyl groups is 2. The molecular weight excluding hydrogens is 472 g/mol. The molecule has 1 unspecified atom stereocenters. The molecule has 1 atom stereocenters. The van der Waals surface area contributed by atoms with E-state index in [1.165, 1.54) is 0 Å². The molecule has 1 aromatic heterocycles. The maximum absolute atomic E-state index is 13.7. The van der Waals surface area contributed by atoms with E-state index < -0.39 is 11.8 Å². The summed E-state index contributed by atoms with van der Waals surface area (Å²) in [7, 11) is 0. The minimum atomic E-state index is -1.41. The molecule has 180 valence electrons. The molecule has 4 rings (SSSR count). The quantitative estimate of drug-likeness (QED) is 0.431. The van der Waals surface area contributed by atoms with Gasteiger partial charge in [0.2, 0.25) is 11.8 Å². The zero-order chi connectivity index (χ0) is 24.3. The van der Waals surface area contributed by atoms with Gasteiger partial charge in [-0.3, -0.25) is 9.59 Å². The number of benzene rings is 2. The van der Waals surface area contributed by atoms with E-state index in [-0.39, 0.29) is 24.7 Å². The van der Waals surface area contributed by atoms with Gasteiger partial charge in [0.15, 0.2) is 6.29 Å². The average molecular weight is 501 g/mol. The SMILES string of the molecule is CC1(C(=O)N(CCCC(O)O)Cc2ccc(Cl)cc2)CCN1C(=O)Cc1csc2ccccc12. The van der Waals surface area contributed by atoms with Crippen LogP contribution in [0.1, 0.15) is 37.3 Å². The lowest BCUT2D eigenvalue weighted by Gasteiger charge is -2.51. The Morgan fingerprint density at radius 2 is 1.91 bits per heavy atom. The number of aliphatic hydroxyl groups excluding tert-OH is 1. The third-order valence-corrected chi connectivity index (χ3v) is 7.81. The predicted molar refractivity (Wildman–Crippen MR) is 135 cm³/mol. The molecule has 0 radical (unpaired) electrons. The van der Waals surface area contributed by atoms with Crippen molar-refractivity contribution in [1.29, 1.82) is 0 Å². The first-order valence-electron chi connectivity index (χ1n) is 11.4. The van der Waals surface area contributed by atoms with Gasteiger partial charge in [-0.1, -0.05) is 41.9 Å². The van der Waals surface area contributed by atoms with Crippen LogP contribution in [-0.2, 0) is 22.6 Å². The van der Waals surface area contributed by atoms with Gasteiger partial charge in [-0.2, -0.15) is 0 Å². The summed E-state index contributed by atoms with van der Waals surface area (Å²) in [5.41, 5.74) is 1.00. The molecule has 0 aliphatic carbocycles. The Morgan fingerprint density at radius 3 is 2.59 bits per heavy atom. The molecule has 2 heterocycles. The molecule has 2 amide bonds. The van der Waals surface area contributed by atoms with Crippen molar-refractivity contribution in [2.45, 2.75) is 51.0 Å². The summed E-state index contributed by atoms with van der Waals surface area (Å²) in [5, 5.41) is 22.2.